The first-order valence-electron chi connectivity index (χ1n) is 7.57. The Kier molecular flexibility index (Phi) is 6.63. The van der Waals surface area contributed by atoms with Crippen molar-refractivity contribution in [2.75, 3.05) is 19.0 Å². The zero-order valence-electron chi connectivity index (χ0n) is 13.3. The number of rotatable bonds is 6. The van der Waals surface area contributed by atoms with Gasteiger partial charge in [0.05, 0.1) is 23.4 Å². The van der Waals surface area contributed by atoms with Gasteiger partial charge in [0.15, 0.2) is 0 Å². The molecular weight excluding hydrogens is 328 g/mol. The van der Waals surface area contributed by atoms with Gasteiger partial charge in [0, 0.05) is 6.54 Å². The molecule has 0 spiro atoms. The highest BCUT2D eigenvalue weighted by atomic mass is 35.5. The van der Waals surface area contributed by atoms with Gasteiger partial charge in [-0.1, -0.05) is 41.9 Å². The molecule has 6 heteroatoms. The quantitative estimate of drug-likeness (QED) is 0.616. The first-order chi connectivity index (χ1) is 11.6. The summed E-state index contributed by atoms with van der Waals surface area (Å²) in [4.78, 5) is 23.4. The third kappa shape index (κ3) is 5.28. The van der Waals surface area contributed by atoms with E-state index in [1.807, 2.05) is 18.2 Å². The molecule has 126 valence electrons. The zero-order valence-corrected chi connectivity index (χ0v) is 14.1. The summed E-state index contributed by atoms with van der Waals surface area (Å²) < 4.78 is 4.65. The second-order valence-corrected chi connectivity index (χ2v) is 5.56. The fraction of sp³-hybridized carbons (Fsp3) is 0.222. The lowest BCUT2D eigenvalue weighted by Gasteiger charge is -2.10. The van der Waals surface area contributed by atoms with Crippen molar-refractivity contribution in [3.05, 3.63) is 64.7 Å². The van der Waals surface area contributed by atoms with Crippen LogP contribution in [-0.4, -0.2) is 25.7 Å². The number of methoxy groups -OCH3 is 1. The van der Waals surface area contributed by atoms with Crippen LogP contribution in [0.1, 0.15) is 22.3 Å². The van der Waals surface area contributed by atoms with E-state index in [9.17, 15) is 9.59 Å². The predicted molar refractivity (Wildman–Crippen MR) is 94.6 cm³/mol. The van der Waals surface area contributed by atoms with Crippen LogP contribution in [0, 0.1) is 0 Å². The van der Waals surface area contributed by atoms with Crippen LogP contribution < -0.4 is 10.6 Å². The molecule has 24 heavy (non-hydrogen) atoms. The lowest BCUT2D eigenvalue weighted by atomic mass is 10.1. The summed E-state index contributed by atoms with van der Waals surface area (Å²) in [5, 5.41) is 5.75. The summed E-state index contributed by atoms with van der Waals surface area (Å²) in [6.45, 7) is 0.537. The largest absolute Gasteiger partial charge is 0.465 e. The molecule has 0 saturated heterocycles. The van der Waals surface area contributed by atoms with Crippen LogP contribution in [0.15, 0.2) is 48.5 Å². The van der Waals surface area contributed by atoms with E-state index < -0.39 is 5.97 Å². The molecule has 0 aromatic heterocycles. The van der Waals surface area contributed by atoms with Crippen LogP contribution in [0.4, 0.5) is 10.5 Å². The van der Waals surface area contributed by atoms with Crippen molar-refractivity contribution in [3.63, 3.8) is 0 Å². The lowest BCUT2D eigenvalue weighted by Crippen LogP contribution is -2.30. The van der Waals surface area contributed by atoms with Crippen LogP contribution >= 0.6 is 11.6 Å². The Morgan fingerprint density at radius 2 is 1.88 bits per heavy atom. The minimum atomic E-state index is -0.488. The molecule has 2 aromatic rings. The van der Waals surface area contributed by atoms with E-state index in [4.69, 9.17) is 11.6 Å². The van der Waals surface area contributed by atoms with Gasteiger partial charge in [-0.2, -0.15) is 0 Å². The predicted octanol–water partition coefficient (Wildman–Crippen LogP) is 3.88. The van der Waals surface area contributed by atoms with Crippen LogP contribution in [0.3, 0.4) is 0 Å². The van der Waals surface area contributed by atoms with Crippen molar-refractivity contribution in [3.8, 4) is 0 Å². The Labute approximate surface area is 146 Å². The molecule has 0 atom stereocenters. The maximum absolute atomic E-state index is 11.9. The third-order valence-electron chi connectivity index (χ3n) is 3.41. The number of aryl methyl sites for hydroxylation is 1. The molecule has 0 aliphatic heterocycles. The minimum Gasteiger partial charge on any atom is -0.465 e. The highest BCUT2D eigenvalue weighted by Crippen LogP contribution is 2.23. The maximum atomic E-state index is 11.9. The van der Waals surface area contributed by atoms with Gasteiger partial charge in [0.2, 0.25) is 0 Å². The highest BCUT2D eigenvalue weighted by molar-refractivity contribution is 6.33. The average molecular weight is 347 g/mol. The van der Waals surface area contributed by atoms with Crippen molar-refractivity contribution in [1.82, 2.24) is 5.32 Å². The number of hydrogen-bond donors (Lipinski definition) is 2. The van der Waals surface area contributed by atoms with Gasteiger partial charge in [0.1, 0.15) is 0 Å². The molecule has 0 aliphatic carbocycles. The second kappa shape index (κ2) is 8.93. The Balaban J connectivity index is 1.82. The smallest absolute Gasteiger partial charge is 0.337 e. The summed E-state index contributed by atoms with van der Waals surface area (Å²) in [6.07, 6.45) is 1.72. The monoisotopic (exact) mass is 346 g/mol. The first-order valence-corrected chi connectivity index (χ1v) is 7.94. The molecule has 0 bridgehead atoms. The summed E-state index contributed by atoms with van der Waals surface area (Å²) in [5.74, 6) is -0.488. The average Bonchev–Trinajstić information content (AvgIpc) is 2.61. The van der Waals surface area contributed by atoms with E-state index >= 15 is 0 Å². The first kappa shape index (κ1) is 17.8. The lowest BCUT2D eigenvalue weighted by molar-refractivity contribution is 0.0600. The Hall–Kier alpha value is -2.53. The van der Waals surface area contributed by atoms with Crippen LogP contribution in [0.2, 0.25) is 5.02 Å². The number of benzene rings is 2. The second-order valence-electron chi connectivity index (χ2n) is 5.16. The van der Waals surface area contributed by atoms with E-state index in [1.54, 1.807) is 6.07 Å². The van der Waals surface area contributed by atoms with Gasteiger partial charge < -0.3 is 15.4 Å². The van der Waals surface area contributed by atoms with E-state index in [2.05, 4.69) is 27.5 Å². The minimum absolute atomic E-state index is 0.321. The number of carbonyl (C=O) groups is 2. The Bertz CT molecular complexity index is 705. The molecule has 0 radical (unpaired) electrons. The van der Waals surface area contributed by atoms with Crippen molar-refractivity contribution in [2.24, 2.45) is 0 Å². The number of nitrogens with one attached hydrogen (secondary N) is 2. The highest BCUT2D eigenvalue weighted by Gasteiger charge is 2.11. The number of carbonyl (C=O) groups excluding carboxylic acids is 2. The molecule has 0 aliphatic rings. The molecular formula is C18H19ClN2O3. The van der Waals surface area contributed by atoms with Crippen LogP contribution in [-0.2, 0) is 11.2 Å². The van der Waals surface area contributed by atoms with Crippen molar-refractivity contribution >= 4 is 29.3 Å². The van der Waals surface area contributed by atoms with Gasteiger partial charge in [-0.25, -0.2) is 9.59 Å². The normalized spacial score (nSPS) is 10.1. The van der Waals surface area contributed by atoms with E-state index in [0.29, 0.717) is 22.8 Å². The number of amides is 2. The van der Waals surface area contributed by atoms with E-state index in [-0.39, 0.29) is 6.03 Å². The molecule has 2 amide bonds. The molecule has 2 rings (SSSR count). The number of anilines is 1. The molecule has 5 nitrogen and oxygen atoms in total. The molecule has 2 N–H and O–H groups in total. The standard InChI is InChI=1S/C18H19ClN2O3/c1-24-17(22)14-9-10-15(19)16(12-14)21-18(23)20-11-5-8-13-6-3-2-4-7-13/h2-4,6-7,9-10,12H,5,8,11H2,1H3,(H2,20,21,23). The number of urea groups is 1. The number of halogens is 1. The van der Waals surface area contributed by atoms with Gasteiger partial charge in [-0.05, 0) is 36.6 Å². The fourth-order valence-electron chi connectivity index (χ4n) is 2.17. The van der Waals surface area contributed by atoms with Gasteiger partial charge in [0.25, 0.3) is 0 Å². The Morgan fingerprint density at radius 3 is 2.58 bits per heavy atom. The Morgan fingerprint density at radius 1 is 1.12 bits per heavy atom. The molecule has 0 heterocycles. The van der Waals surface area contributed by atoms with Gasteiger partial charge in [-0.15, -0.1) is 0 Å². The fourth-order valence-corrected chi connectivity index (χ4v) is 2.34. The van der Waals surface area contributed by atoms with Crippen LogP contribution in [0.25, 0.3) is 0 Å². The van der Waals surface area contributed by atoms with Gasteiger partial charge >= 0.3 is 12.0 Å². The summed E-state index contributed by atoms with van der Waals surface area (Å²) in [6, 6.07) is 14.3. The number of ether oxygens (including phenoxy) is 1. The SMILES string of the molecule is COC(=O)c1ccc(Cl)c(NC(=O)NCCCc2ccccc2)c1. The van der Waals surface area contributed by atoms with Crippen molar-refractivity contribution in [2.45, 2.75) is 12.8 Å². The number of esters is 1. The zero-order chi connectivity index (χ0) is 17.4. The third-order valence-corrected chi connectivity index (χ3v) is 3.74. The number of hydrogen-bond acceptors (Lipinski definition) is 3. The molecule has 2 aromatic carbocycles. The molecule has 0 fully saturated rings. The summed E-state index contributed by atoms with van der Waals surface area (Å²) in [7, 11) is 1.30. The molecule has 0 saturated carbocycles. The van der Waals surface area contributed by atoms with Crippen molar-refractivity contribution in [1.29, 1.82) is 0 Å². The van der Waals surface area contributed by atoms with E-state index in [1.165, 1.54) is 24.8 Å². The van der Waals surface area contributed by atoms with E-state index in [0.717, 1.165) is 12.8 Å². The topological polar surface area (TPSA) is 67.4 Å². The summed E-state index contributed by atoms with van der Waals surface area (Å²) in [5.41, 5.74) is 1.91. The van der Waals surface area contributed by atoms with Crippen LogP contribution in [0.5, 0.6) is 0 Å². The molecule has 0 unspecified atom stereocenters. The summed E-state index contributed by atoms with van der Waals surface area (Å²) >= 11 is 6.03. The maximum Gasteiger partial charge on any atom is 0.337 e. The van der Waals surface area contributed by atoms with Gasteiger partial charge in [-0.3, -0.25) is 0 Å². The van der Waals surface area contributed by atoms with Crippen molar-refractivity contribution < 1.29 is 14.3 Å².